The SMILES string of the molecule is Cc1ccoc1C1CNCCN1C(=O)OC(C)(C)C. The fourth-order valence-corrected chi connectivity index (χ4v) is 2.20. The number of piperazine rings is 1. The number of furan rings is 1. The van der Waals surface area contributed by atoms with Crippen molar-refractivity contribution in [3.05, 3.63) is 23.7 Å². The summed E-state index contributed by atoms with van der Waals surface area (Å²) in [5.41, 5.74) is 0.576. The number of hydrogen-bond acceptors (Lipinski definition) is 4. The highest BCUT2D eigenvalue weighted by Crippen LogP contribution is 2.27. The first kappa shape index (κ1) is 13.9. The third-order valence-electron chi connectivity index (χ3n) is 3.08. The van der Waals surface area contributed by atoms with Gasteiger partial charge in [-0.2, -0.15) is 0 Å². The molecule has 5 heteroatoms. The molecule has 106 valence electrons. The van der Waals surface area contributed by atoms with Gasteiger partial charge in [0.15, 0.2) is 0 Å². The van der Waals surface area contributed by atoms with Crippen LogP contribution in [-0.2, 0) is 4.74 Å². The molecule has 1 fully saturated rings. The lowest BCUT2D eigenvalue weighted by Crippen LogP contribution is -2.50. The van der Waals surface area contributed by atoms with E-state index in [1.807, 2.05) is 33.8 Å². The monoisotopic (exact) mass is 266 g/mol. The molecule has 19 heavy (non-hydrogen) atoms. The molecule has 0 spiro atoms. The smallest absolute Gasteiger partial charge is 0.411 e. The molecule has 1 amide bonds. The number of carbonyl (C=O) groups excluding carboxylic acids is 1. The number of aryl methyl sites for hydroxylation is 1. The average Bonchev–Trinajstić information content (AvgIpc) is 2.73. The molecule has 0 radical (unpaired) electrons. The number of ether oxygens (including phenoxy) is 1. The molecule has 1 N–H and O–H groups in total. The molecule has 5 nitrogen and oxygen atoms in total. The van der Waals surface area contributed by atoms with Gasteiger partial charge in [0, 0.05) is 19.6 Å². The molecule has 1 aromatic heterocycles. The van der Waals surface area contributed by atoms with Crippen LogP contribution in [0.4, 0.5) is 4.79 Å². The fourth-order valence-electron chi connectivity index (χ4n) is 2.20. The maximum Gasteiger partial charge on any atom is 0.411 e. The van der Waals surface area contributed by atoms with E-state index in [4.69, 9.17) is 9.15 Å². The highest BCUT2D eigenvalue weighted by Gasteiger charge is 2.33. The Morgan fingerprint density at radius 2 is 2.26 bits per heavy atom. The van der Waals surface area contributed by atoms with Crippen molar-refractivity contribution in [3.8, 4) is 0 Å². The minimum Gasteiger partial charge on any atom is -0.467 e. The molecule has 1 aliphatic rings. The van der Waals surface area contributed by atoms with Crippen molar-refractivity contribution in [1.82, 2.24) is 10.2 Å². The van der Waals surface area contributed by atoms with Gasteiger partial charge in [-0.1, -0.05) is 0 Å². The highest BCUT2D eigenvalue weighted by atomic mass is 16.6. The largest absolute Gasteiger partial charge is 0.467 e. The van der Waals surface area contributed by atoms with Crippen molar-refractivity contribution in [1.29, 1.82) is 0 Å². The lowest BCUT2D eigenvalue weighted by Gasteiger charge is -2.36. The van der Waals surface area contributed by atoms with Crippen LogP contribution >= 0.6 is 0 Å². The summed E-state index contributed by atoms with van der Waals surface area (Å²) in [6.45, 7) is 9.70. The van der Waals surface area contributed by atoms with Gasteiger partial charge < -0.3 is 14.5 Å². The predicted molar refractivity (Wildman–Crippen MR) is 72.0 cm³/mol. The van der Waals surface area contributed by atoms with Crippen LogP contribution in [0.1, 0.15) is 38.1 Å². The zero-order valence-electron chi connectivity index (χ0n) is 12.0. The quantitative estimate of drug-likeness (QED) is 0.848. The predicted octanol–water partition coefficient (Wildman–Crippen LogP) is 2.47. The van der Waals surface area contributed by atoms with Gasteiger partial charge in [-0.05, 0) is 39.3 Å². The first-order valence-corrected chi connectivity index (χ1v) is 6.63. The van der Waals surface area contributed by atoms with Crippen molar-refractivity contribution >= 4 is 6.09 Å². The van der Waals surface area contributed by atoms with E-state index in [1.54, 1.807) is 11.2 Å². The standard InChI is InChI=1S/C14H22N2O3/c1-10-5-8-18-12(10)11-9-15-6-7-16(11)13(17)19-14(2,3)4/h5,8,11,15H,6-7,9H2,1-4H3. The second kappa shape index (κ2) is 5.25. The molecule has 2 heterocycles. The molecule has 0 aliphatic carbocycles. The Balaban J connectivity index is 2.17. The number of rotatable bonds is 1. The van der Waals surface area contributed by atoms with E-state index < -0.39 is 5.60 Å². The number of amides is 1. The molecule has 0 saturated carbocycles. The summed E-state index contributed by atoms with van der Waals surface area (Å²) in [5.74, 6) is 0.832. The van der Waals surface area contributed by atoms with E-state index >= 15 is 0 Å². The molecule has 2 rings (SSSR count). The van der Waals surface area contributed by atoms with Gasteiger partial charge in [-0.15, -0.1) is 0 Å². The maximum absolute atomic E-state index is 12.3. The van der Waals surface area contributed by atoms with Crippen molar-refractivity contribution < 1.29 is 13.9 Å². The second-order valence-electron chi connectivity index (χ2n) is 5.86. The van der Waals surface area contributed by atoms with Crippen LogP contribution in [0, 0.1) is 6.92 Å². The summed E-state index contributed by atoms with van der Waals surface area (Å²) >= 11 is 0. The van der Waals surface area contributed by atoms with Crippen LogP contribution < -0.4 is 5.32 Å². The average molecular weight is 266 g/mol. The van der Waals surface area contributed by atoms with Crippen molar-refractivity contribution in [2.75, 3.05) is 19.6 Å². The van der Waals surface area contributed by atoms with E-state index in [0.29, 0.717) is 13.1 Å². The van der Waals surface area contributed by atoms with Gasteiger partial charge in [0.25, 0.3) is 0 Å². The normalized spacial score (nSPS) is 20.4. The van der Waals surface area contributed by atoms with Gasteiger partial charge in [-0.3, -0.25) is 4.90 Å². The number of carbonyl (C=O) groups is 1. The summed E-state index contributed by atoms with van der Waals surface area (Å²) in [4.78, 5) is 14.0. The summed E-state index contributed by atoms with van der Waals surface area (Å²) in [5, 5.41) is 3.29. The van der Waals surface area contributed by atoms with Crippen LogP contribution in [0.5, 0.6) is 0 Å². The molecule has 1 unspecified atom stereocenters. The van der Waals surface area contributed by atoms with Crippen LogP contribution in [0.15, 0.2) is 16.7 Å². The third kappa shape index (κ3) is 3.29. The first-order valence-electron chi connectivity index (χ1n) is 6.63. The molecular weight excluding hydrogens is 244 g/mol. The highest BCUT2D eigenvalue weighted by molar-refractivity contribution is 5.69. The Bertz CT molecular complexity index is 448. The van der Waals surface area contributed by atoms with Gasteiger partial charge >= 0.3 is 6.09 Å². The summed E-state index contributed by atoms with van der Waals surface area (Å²) in [7, 11) is 0. The Labute approximate surface area is 113 Å². The number of nitrogens with zero attached hydrogens (tertiary/aromatic N) is 1. The molecule has 1 aliphatic heterocycles. The minimum atomic E-state index is -0.481. The Morgan fingerprint density at radius 1 is 1.53 bits per heavy atom. The van der Waals surface area contributed by atoms with E-state index in [-0.39, 0.29) is 12.1 Å². The van der Waals surface area contributed by atoms with Gasteiger partial charge in [0.2, 0.25) is 0 Å². The van der Waals surface area contributed by atoms with Gasteiger partial charge in [0.05, 0.1) is 6.26 Å². The molecular formula is C14H22N2O3. The van der Waals surface area contributed by atoms with Crippen LogP contribution in [-0.4, -0.2) is 36.2 Å². The molecule has 1 atom stereocenters. The topological polar surface area (TPSA) is 54.7 Å². The fraction of sp³-hybridized carbons (Fsp3) is 0.643. The molecule has 1 aromatic rings. The first-order chi connectivity index (χ1) is 8.88. The molecule has 1 saturated heterocycles. The minimum absolute atomic E-state index is 0.0985. The Hall–Kier alpha value is -1.49. The molecule has 0 bridgehead atoms. The van der Waals surface area contributed by atoms with Crippen LogP contribution in [0.2, 0.25) is 0 Å². The number of nitrogens with one attached hydrogen (secondary N) is 1. The lowest BCUT2D eigenvalue weighted by molar-refractivity contribution is 0.00924. The van der Waals surface area contributed by atoms with E-state index in [0.717, 1.165) is 17.9 Å². The van der Waals surface area contributed by atoms with Crippen LogP contribution in [0.3, 0.4) is 0 Å². The van der Waals surface area contributed by atoms with Gasteiger partial charge in [0.1, 0.15) is 17.4 Å². The summed E-state index contributed by atoms with van der Waals surface area (Å²) in [6.07, 6.45) is 1.38. The van der Waals surface area contributed by atoms with Gasteiger partial charge in [-0.25, -0.2) is 4.79 Å². The van der Waals surface area contributed by atoms with E-state index in [9.17, 15) is 4.79 Å². The maximum atomic E-state index is 12.3. The molecule has 0 aromatic carbocycles. The van der Waals surface area contributed by atoms with E-state index in [1.165, 1.54) is 0 Å². The van der Waals surface area contributed by atoms with Crippen LogP contribution in [0.25, 0.3) is 0 Å². The Kier molecular flexibility index (Phi) is 3.85. The second-order valence-corrected chi connectivity index (χ2v) is 5.86. The van der Waals surface area contributed by atoms with Crippen molar-refractivity contribution in [2.24, 2.45) is 0 Å². The Morgan fingerprint density at radius 3 is 2.84 bits per heavy atom. The summed E-state index contributed by atoms with van der Waals surface area (Å²) in [6, 6.07) is 1.82. The number of hydrogen-bond donors (Lipinski definition) is 1. The van der Waals surface area contributed by atoms with Crippen molar-refractivity contribution in [3.63, 3.8) is 0 Å². The zero-order valence-corrected chi connectivity index (χ0v) is 12.0. The summed E-state index contributed by atoms with van der Waals surface area (Å²) < 4.78 is 11.0. The lowest BCUT2D eigenvalue weighted by atomic mass is 10.1. The van der Waals surface area contributed by atoms with E-state index in [2.05, 4.69) is 5.32 Å². The van der Waals surface area contributed by atoms with Crippen molar-refractivity contribution in [2.45, 2.75) is 39.3 Å². The third-order valence-corrected chi connectivity index (χ3v) is 3.08. The zero-order chi connectivity index (χ0) is 14.0.